The molecule has 1 aromatic carbocycles. The first kappa shape index (κ1) is 17.0. The molecule has 1 N–H and O–H groups in total. The highest BCUT2D eigenvalue weighted by molar-refractivity contribution is 6.03. The lowest BCUT2D eigenvalue weighted by molar-refractivity contribution is 0.102. The zero-order valence-corrected chi connectivity index (χ0v) is 14.4. The van der Waals surface area contributed by atoms with Crippen molar-refractivity contribution >= 4 is 17.3 Å². The molecule has 0 unspecified atom stereocenters. The summed E-state index contributed by atoms with van der Waals surface area (Å²) in [5.41, 5.74) is 4.37. The first-order valence-corrected chi connectivity index (χ1v) is 7.56. The maximum atomic E-state index is 12.5. The van der Waals surface area contributed by atoms with E-state index in [1.54, 1.807) is 12.3 Å². The lowest BCUT2D eigenvalue weighted by Crippen LogP contribution is -2.17. The molecule has 5 heteroatoms. The SMILES string of the molecule is Cc1ccc(CN(C)C)cc1NC(=O)c1cc(N(C)C)ccn1. The van der Waals surface area contributed by atoms with E-state index in [0.717, 1.165) is 29.0 Å². The molecule has 122 valence electrons. The molecule has 5 nitrogen and oxygen atoms in total. The van der Waals surface area contributed by atoms with Gasteiger partial charge in [-0.1, -0.05) is 12.1 Å². The van der Waals surface area contributed by atoms with Crippen LogP contribution in [-0.2, 0) is 6.54 Å². The molecule has 0 bridgehead atoms. The summed E-state index contributed by atoms with van der Waals surface area (Å²) in [5.74, 6) is -0.196. The van der Waals surface area contributed by atoms with Gasteiger partial charge in [0, 0.05) is 38.2 Å². The van der Waals surface area contributed by atoms with Crippen LogP contribution >= 0.6 is 0 Å². The van der Waals surface area contributed by atoms with Crippen LogP contribution in [0.25, 0.3) is 0 Å². The standard InChI is InChI=1S/C18H24N4O/c1-13-6-7-14(12-21(2)3)10-16(13)20-18(23)17-11-15(22(4)5)8-9-19-17/h6-11H,12H2,1-5H3,(H,20,23). The molecule has 2 aromatic rings. The molecule has 2 rings (SSSR count). The van der Waals surface area contributed by atoms with Crippen LogP contribution in [0.5, 0.6) is 0 Å². The molecule has 0 aliphatic heterocycles. The second kappa shape index (κ2) is 7.24. The molecule has 0 saturated heterocycles. The maximum absolute atomic E-state index is 12.5. The van der Waals surface area contributed by atoms with Gasteiger partial charge >= 0.3 is 0 Å². The fourth-order valence-electron chi connectivity index (χ4n) is 2.28. The van der Waals surface area contributed by atoms with E-state index in [2.05, 4.69) is 21.3 Å². The van der Waals surface area contributed by atoms with Crippen molar-refractivity contribution in [3.8, 4) is 0 Å². The van der Waals surface area contributed by atoms with Crippen LogP contribution in [0.1, 0.15) is 21.6 Å². The molecule has 0 saturated carbocycles. The summed E-state index contributed by atoms with van der Waals surface area (Å²) in [6.45, 7) is 2.82. The Labute approximate surface area is 137 Å². The van der Waals surface area contributed by atoms with E-state index in [4.69, 9.17) is 0 Å². The Kier molecular flexibility index (Phi) is 5.34. The van der Waals surface area contributed by atoms with E-state index in [0.29, 0.717) is 5.69 Å². The summed E-state index contributed by atoms with van der Waals surface area (Å²) in [4.78, 5) is 20.7. The molecule has 1 aromatic heterocycles. The van der Waals surface area contributed by atoms with Crippen LogP contribution in [0.2, 0.25) is 0 Å². The Bertz CT molecular complexity index is 695. The fraction of sp³-hybridized carbons (Fsp3) is 0.333. The zero-order chi connectivity index (χ0) is 17.0. The van der Waals surface area contributed by atoms with Crippen molar-refractivity contribution in [2.45, 2.75) is 13.5 Å². The van der Waals surface area contributed by atoms with Crippen LogP contribution < -0.4 is 10.2 Å². The van der Waals surface area contributed by atoms with Crippen molar-refractivity contribution in [2.75, 3.05) is 38.4 Å². The van der Waals surface area contributed by atoms with E-state index in [-0.39, 0.29) is 5.91 Å². The third-order valence-electron chi connectivity index (χ3n) is 3.54. The smallest absolute Gasteiger partial charge is 0.274 e. The van der Waals surface area contributed by atoms with Gasteiger partial charge in [0.15, 0.2) is 0 Å². The van der Waals surface area contributed by atoms with Gasteiger partial charge < -0.3 is 15.1 Å². The summed E-state index contributed by atoms with van der Waals surface area (Å²) in [6, 6.07) is 9.78. The van der Waals surface area contributed by atoms with E-state index in [1.807, 2.05) is 58.2 Å². The highest BCUT2D eigenvalue weighted by Crippen LogP contribution is 2.19. The summed E-state index contributed by atoms with van der Waals surface area (Å²) in [7, 11) is 7.92. The number of nitrogens with one attached hydrogen (secondary N) is 1. The second-order valence-corrected chi connectivity index (χ2v) is 6.13. The number of carbonyl (C=O) groups is 1. The summed E-state index contributed by atoms with van der Waals surface area (Å²) in [6.07, 6.45) is 1.65. The predicted molar refractivity (Wildman–Crippen MR) is 95.1 cm³/mol. The number of nitrogens with zero attached hydrogens (tertiary/aromatic N) is 3. The van der Waals surface area contributed by atoms with Crippen LogP contribution in [0, 0.1) is 6.92 Å². The average molecular weight is 312 g/mol. The number of carbonyl (C=O) groups excluding carboxylic acids is 1. The number of rotatable bonds is 5. The number of aromatic nitrogens is 1. The maximum Gasteiger partial charge on any atom is 0.274 e. The average Bonchev–Trinajstić information content (AvgIpc) is 2.50. The van der Waals surface area contributed by atoms with Crippen molar-refractivity contribution in [1.29, 1.82) is 0 Å². The Balaban J connectivity index is 2.21. The van der Waals surface area contributed by atoms with Crippen molar-refractivity contribution in [3.63, 3.8) is 0 Å². The molecule has 0 aliphatic rings. The monoisotopic (exact) mass is 312 g/mol. The van der Waals surface area contributed by atoms with Crippen molar-refractivity contribution in [1.82, 2.24) is 9.88 Å². The number of benzene rings is 1. The van der Waals surface area contributed by atoms with Gasteiger partial charge in [-0.3, -0.25) is 9.78 Å². The van der Waals surface area contributed by atoms with E-state index in [1.165, 1.54) is 0 Å². The molecule has 0 aliphatic carbocycles. The lowest BCUT2D eigenvalue weighted by Gasteiger charge is -2.15. The largest absolute Gasteiger partial charge is 0.378 e. The molecular formula is C18H24N4O. The Morgan fingerprint density at radius 3 is 2.52 bits per heavy atom. The minimum Gasteiger partial charge on any atom is -0.378 e. The van der Waals surface area contributed by atoms with Crippen LogP contribution in [-0.4, -0.2) is 44.0 Å². The second-order valence-electron chi connectivity index (χ2n) is 6.13. The fourth-order valence-corrected chi connectivity index (χ4v) is 2.28. The molecule has 0 fully saturated rings. The quantitative estimate of drug-likeness (QED) is 0.922. The molecule has 1 amide bonds. The van der Waals surface area contributed by atoms with Crippen molar-refractivity contribution < 1.29 is 4.79 Å². The first-order valence-electron chi connectivity index (χ1n) is 7.56. The van der Waals surface area contributed by atoms with E-state index in [9.17, 15) is 4.79 Å². The van der Waals surface area contributed by atoms with Crippen molar-refractivity contribution in [3.05, 3.63) is 53.3 Å². The Hall–Kier alpha value is -2.40. The van der Waals surface area contributed by atoms with Crippen LogP contribution in [0.4, 0.5) is 11.4 Å². The van der Waals surface area contributed by atoms with E-state index >= 15 is 0 Å². The first-order chi connectivity index (χ1) is 10.9. The minimum absolute atomic E-state index is 0.196. The molecule has 23 heavy (non-hydrogen) atoms. The van der Waals surface area contributed by atoms with Gasteiger partial charge in [-0.05, 0) is 50.3 Å². The van der Waals surface area contributed by atoms with Gasteiger partial charge in [-0.25, -0.2) is 0 Å². The molecule has 0 spiro atoms. The minimum atomic E-state index is -0.196. The Morgan fingerprint density at radius 1 is 1.13 bits per heavy atom. The Morgan fingerprint density at radius 2 is 1.87 bits per heavy atom. The molecule has 0 atom stereocenters. The number of hydrogen-bond acceptors (Lipinski definition) is 4. The number of anilines is 2. The van der Waals surface area contributed by atoms with Gasteiger partial charge in [0.2, 0.25) is 0 Å². The van der Waals surface area contributed by atoms with Gasteiger partial charge in [-0.15, -0.1) is 0 Å². The third-order valence-corrected chi connectivity index (χ3v) is 3.54. The highest BCUT2D eigenvalue weighted by atomic mass is 16.1. The molecular weight excluding hydrogens is 288 g/mol. The van der Waals surface area contributed by atoms with Gasteiger partial charge in [-0.2, -0.15) is 0 Å². The van der Waals surface area contributed by atoms with Gasteiger partial charge in [0.25, 0.3) is 5.91 Å². The number of hydrogen-bond donors (Lipinski definition) is 1. The third kappa shape index (κ3) is 4.53. The summed E-state index contributed by atoms with van der Waals surface area (Å²) in [5, 5.41) is 2.97. The summed E-state index contributed by atoms with van der Waals surface area (Å²) < 4.78 is 0. The molecule has 0 radical (unpaired) electrons. The van der Waals surface area contributed by atoms with Gasteiger partial charge in [0.1, 0.15) is 5.69 Å². The normalized spacial score (nSPS) is 10.7. The van der Waals surface area contributed by atoms with E-state index < -0.39 is 0 Å². The zero-order valence-electron chi connectivity index (χ0n) is 14.4. The van der Waals surface area contributed by atoms with Crippen LogP contribution in [0.15, 0.2) is 36.5 Å². The molecule has 1 heterocycles. The van der Waals surface area contributed by atoms with Gasteiger partial charge in [0.05, 0.1) is 0 Å². The van der Waals surface area contributed by atoms with Crippen LogP contribution in [0.3, 0.4) is 0 Å². The highest BCUT2D eigenvalue weighted by Gasteiger charge is 2.11. The predicted octanol–water partition coefficient (Wildman–Crippen LogP) is 2.77. The topological polar surface area (TPSA) is 48.5 Å². The lowest BCUT2D eigenvalue weighted by atomic mass is 10.1. The summed E-state index contributed by atoms with van der Waals surface area (Å²) >= 11 is 0. The number of aryl methyl sites for hydroxylation is 1. The number of amides is 1. The number of pyridine rings is 1. The van der Waals surface area contributed by atoms with Crippen molar-refractivity contribution in [2.24, 2.45) is 0 Å².